The summed E-state index contributed by atoms with van der Waals surface area (Å²) < 4.78 is 0. The topological polar surface area (TPSA) is 4.44 Å². The van der Waals surface area contributed by atoms with Gasteiger partial charge in [0.2, 0.25) is 0 Å². The van der Waals surface area contributed by atoms with Crippen molar-refractivity contribution in [3.05, 3.63) is 0 Å². The van der Waals surface area contributed by atoms with Crippen LogP contribution in [0, 0.1) is 0 Å². The van der Waals surface area contributed by atoms with Gasteiger partial charge in [-0.2, -0.15) is 0 Å². The van der Waals surface area contributed by atoms with Gasteiger partial charge in [-0.25, -0.2) is 0 Å². The smallest absolute Gasteiger partial charge is 0.0766 e. The quantitative estimate of drug-likeness (QED) is 0.0871. The number of halogens is 1. The molecular formula is C34H72ClN. The largest absolute Gasteiger partial charge is 1.00 e. The summed E-state index contributed by atoms with van der Waals surface area (Å²) in [5.74, 6) is 0. The molecule has 220 valence electrons. The third-order valence-electron chi connectivity index (χ3n) is 8.03. The summed E-state index contributed by atoms with van der Waals surface area (Å²) in [6, 6.07) is 0. The van der Waals surface area contributed by atoms with Crippen LogP contribution >= 0.6 is 0 Å². The van der Waals surface area contributed by atoms with E-state index in [-0.39, 0.29) is 12.4 Å². The van der Waals surface area contributed by atoms with Crippen LogP contribution in [-0.4, -0.2) is 20.6 Å². The standard InChI is InChI=1S/C34H71N.ClH/c1-4-5-6-7-8-9-10-11-12-13-14-15-16-17-18-19-20-21-22-23-24-25-26-27-28-29-30-31-32-33-34-35(2)3;/h4-34H2,1-3H3;1H. The molecule has 1 nitrogen and oxygen atoms in total. The molecule has 0 rings (SSSR count). The van der Waals surface area contributed by atoms with Crippen LogP contribution in [-0.2, 0) is 0 Å². The van der Waals surface area contributed by atoms with Gasteiger partial charge in [-0.1, -0.05) is 187 Å². The van der Waals surface area contributed by atoms with Gasteiger partial charge >= 0.3 is 0 Å². The first-order valence-corrected chi connectivity index (χ1v) is 17.1. The van der Waals surface area contributed by atoms with Crippen LogP contribution in [0.2, 0.25) is 0 Å². The predicted octanol–water partition coefficient (Wildman–Crippen LogP) is 7.86. The molecule has 0 fully saturated rings. The summed E-state index contributed by atoms with van der Waals surface area (Å²) >= 11 is 0. The lowest BCUT2D eigenvalue weighted by Gasteiger charge is -2.06. The highest BCUT2D eigenvalue weighted by Gasteiger charge is 1.97. The minimum Gasteiger partial charge on any atom is -1.00 e. The molecule has 1 N–H and O–H groups in total. The minimum atomic E-state index is 0. The van der Waals surface area contributed by atoms with Crippen molar-refractivity contribution in [1.82, 2.24) is 0 Å². The summed E-state index contributed by atoms with van der Waals surface area (Å²) in [4.78, 5) is 1.60. The first kappa shape index (κ1) is 38.4. The zero-order chi connectivity index (χ0) is 25.5. The van der Waals surface area contributed by atoms with E-state index in [0.717, 1.165) is 0 Å². The molecule has 0 amide bonds. The van der Waals surface area contributed by atoms with Crippen LogP contribution in [0.3, 0.4) is 0 Å². The lowest BCUT2D eigenvalue weighted by molar-refractivity contribution is -0.858. The fourth-order valence-electron chi connectivity index (χ4n) is 5.50. The van der Waals surface area contributed by atoms with Crippen LogP contribution < -0.4 is 17.3 Å². The van der Waals surface area contributed by atoms with Gasteiger partial charge in [0, 0.05) is 0 Å². The molecule has 0 heterocycles. The second-order valence-electron chi connectivity index (χ2n) is 12.2. The van der Waals surface area contributed by atoms with Gasteiger partial charge in [0.15, 0.2) is 0 Å². The van der Waals surface area contributed by atoms with E-state index in [1.54, 1.807) is 4.90 Å². The lowest BCUT2D eigenvalue weighted by Crippen LogP contribution is -3.05. The first-order chi connectivity index (χ1) is 17.3. The Labute approximate surface area is 237 Å². The van der Waals surface area contributed by atoms with E-state index in [1.807, 2.05) is 0 Å². The molecule has 0 unspecified atom stereocenters. The highest BCUT2D eigenvalue weighted by molar-refractivity contribution is 4.52. The number of unbranched alkanes of at least 4 members (excludes halogenated alkanes) is 29. The Morgan fingerprint density at radius 3 is 0.611 bits per heavy atom. The minimum absolute atomic E-state index is 0. The number of hydrogen-bond donors (Lipinski definition) is 1. The molecule has 0 radical (unpaired) electrons. The van der Waals surface area contributed by atoms with Crippen LogP contribution in [0.15, 0.2) is 0 Å². The zero-order valence-electron chi connectivity index (χ0n) is 25.8. The molecule has 0 aliphatic heterocycles. The molecule has 0 aromatic heterocycles. The Balaban J connectivity index is 0. The van der Waals surface area contributed by atoms with Gasteiger partial charge < -0.3 is 17.3 Å². The summed E-state index contributed by atoms with van der Waals surface area (Å²) in [7, 11) is 4.53. The van der Waals surface area contributed by atoms with E-state index in [1.165, 1.54) is 199 Å². The molecule has 0 saturated carbocycles. The van der Waals surface area contributed by atoms with E-state index >= 15 is 0 Å². The fraction of sp³-hybridized carbons (Fsp3) is 1.00. The highest BCUT2D eigenvalue weighted by atomic mass is 35.5. The zero-order valence-corrected chi connectivity index (χ0v) is 26.6. The molecule has 0 atom stereocenters. The Hall–Kier alpha value is 0.250. The SMILES string of the molecule is CCCCCCCCCCCCCCCCCCCCCCCCCCCCCCCC[NH+](C)C.[Cl-]. The Morgan fingerprint density at radius 2 is 0.444 bits per heavy atom. The summed E-state index contributed by atoms with van der Waals surface area (Å²) in [6.07, 6.45) is 44.4. The maximum atomic E-state index is 2.31. The van der Waals surface area contributed by atoms with Crippen molar-refractivity contribution >= 4 is 0 Å². The number of nitrogens with one attached hydrogen (secondary N) is 1. The molecule has 2 heteroatoms. The molecular weight excluding hydrogens is 458 g/mol. The molecule has 0 aromatic carbocycles. The van der Waals surface area contributed by atoms with Gasteiger partial charge in [-0.15, -0.1) is 0 Å². The van der Waals surface area contributed by atoms with Gasteiger partial charge in [0.05, 0.1) is 20.6 Å². The predicted molar refractivity (Wildman–Crippen MR) is 162 cm³/mol. The van der Waals surface area contributed by atoms with Crippen LogP contribution in [0.4, 0.5) is 0 Å². The first-order valence-electron chi connectivity index (χ1n) is 17.1. The molecule has 0 spiro atoms. The molecule has 0 bridgehead atoms. The van der Waals surface area contributed by atoms with Crippen molar-refractivity contribution in [2.24, 2.45) is 0 Å². The maximum Gasteiger partial charge on any atom is 0.0766 e. The normalized spacial score (nSPS) is 11.3. The second-order valence-corrected chi connectivity index (χ2v) is 12.2. The summed E-state index contributed by atoms with van der Waals surface area (Å²) in [5.41, 5.74) is 0. The summed E-state index contributed by atoms with van der Waals surface area (Å²) in [5, 5.41) is 0. The van der Waals surface area contributed by atoms with Crippen molar-refractivity contribution in [3.63, 3.8) is 0 Å². The molecule has 0 aliphatic carbocycles. The summed E-state index contributed by atoms with van der Waals surface area (Å²) in [6.45, 7) is 3.65. The average molecular weight is 530 g/mol. The number of quaternary nitrogens is 1. The van der Waals surface area contributed by atoms with Crippen molar-refractivity contribution in [3.8, 4) is 0 Å². The Bertz CT molecular complexity index is 357. The second kappa shape index (κ2) is 35.2. The van der Waals surface area contributed by atoms with Gasteiger partial charge in [0.1, 0.15) is 0 Å². The number of rotatable bonds is 31. The Morgan fingerprint density at radius 1 is 0.278 bits per heavy atom. The van der Waals surface area contributed by atoms with Crippen molar-refractivity contribution in [2.45, 2.75) is 200 Å². The van der Waals surface area contributed by atoms with Gasteiger partial charge in [0.25, 0.3) is 0 Å². The fourth-order valence-corrected chi connectivity index (χ4v) is 5.50. The van der Waals surface area contributed by atoms with Crippen LogP contribution in [0.5, 0.6) is 0 Å². The molecule has 0 saturated heterocycles. The third-order valence-corrected chi connectivity index (χ3v) is 8.03. The number of hydrogen-bond acceptors (Lipinski definition) is 0. The average Bonchev–Trinajstić information content (AvgIpc) is 2.85. The van der Waals surface area contributed by atoms with Crippen molar-refractivity contribution in [2.75, 3.05) is 20.6 Å². The van der Waals surface area contributed by atoms with E-state index < -0.39 is 0 Å². The maximum absolute atomic E-state index is 2.31. The van der Waals surface area contributed by atoms with Crippen molar-refractivity contribution < 1.29 is 17.3 Å². The lowest BCUT2D eigenvalue weighted by atomic mass is 10.0. The van der Waals surface area contributed by atoms with E-state index in [9.17, 15) is 0 Å². The highest BCUT2D eigenvalue weighted by Crippen LogP contribution is 2.16. The van der Waals surface area contributed by atoms with E-state index in [2.05, 4.69) is 21.0 Å². The van der Waals surface area contributed by atoms with E-state index in [4.69, 9.17) is 0 Å². The molecule has 0 aromatic rings. The van der Waals surface area contributed by atoms with Crippen LogP contribution in [0.1, 0.15) is 200 Å². The molecule has 0 aliphatic rings. The van der Waals surface area contributed by atoms with Crippen LogP contribution in [0.25, 0.3) is 0 Å². The van der Waals surface area contributed by atoms with E-state index in [0.29, 0.717) is 0 Å². The Kier molecular flexibility index (Phi) is 37.6. The van der Waals surface area contributed by atoms with Crippen molar-refractivity contribution in [1.29, 1.82) is 0 Å². The third kappa shape index (κ3) is 36.4. The monoisotopic (exact) mass is 530 g/mol. The van der Waals surface area contributed by atoms with Gasteiger partial charge in [-0.05, 0) is 12.8 Å². The molecule has 36 heavy (non-hydrogen) atoms. The van der Waals surface area contributed by atoms with Gasteiger partial charge in [-0.3, -0.25) is 0 Å².